The van der Waals surface area contributed by atoms with Crippen LogP contribution in [0.15, 0.2) is 0 Å². The molecule has 0 bridgehead atoms. The molecule has 34 heavy (non-hydrogen) atoms. The average Bonchev–Trinajstić information content (AvgIpc) is 2.82. The zero-order valence-corrected chi connectivity index (χ0v) is 17.7. The van der Waals surface area contributed by atoms with E-state index in [1.807, 2.05) is 0 Å². The van der Waals surface area contributed by atoms with E-state index in [1.165, 1.54) is 0 Å². The second-order valence-corrected chi connectivity index (χ2v) is 8.58. The van der Waals surface area contributed by atoms with Gasteiger partial charge in [0, 0.05) is 0 Å². The van der Waals surface area contributed by atoms with Crippen LogP contribution in [0.1, 0.15) is 0 Å². The van der Waals surface area contributed by atoms with Gasteiger partial charge in [0.05, 0.1) is 19.8 Å². The van der Waals surface area contributed by atoms with Crippen LogP contribution in [0.2, 0.25) is 0 Å². The number of rotatable bonds is 6. The number of aliphatic hydroxyl groups excluding tert-OH is 11. The SMILES string of the molecule is OCC1OC([C@]2(O)C(O)C(CO)OC(OC3C(CO)OC(O)C(O)C3O)C2O)C(O)C(O)C1O. The van der Waals surface area contributed by atoms with Crippen LogP contribution in [0.5, 0.6) is 0 Å². The Balaban J connectivity index is 1.93. The minimum atomic E-state index is -2.96. The highest BCUT2D eigenvalue weighted by atomic mass is 16.7. The van der Waals surface area contributed by atoms with Crippen molar-refractivity contribution in [2.24, 2.45) is 0 Å². The molecule has 0 aromatic heterocycles. The number of hydrogen-bond donors (Lipinski definition) is 12. The monoisotopic (exact) mass is 504 g/mol. The predicted molar refractivity (Wildman–Crippen MR) is 101 cm³/mol. The summed E-state index contributed by atoms with van der Waals surface area (Å²) in [6.45, 7) is -2.69. The van der Waals surface area contributed by atoms with Crippen LogP contribution >= 0.6 is 0 Å². The Morgan fingerprint density at radius 1 is 0.588 bits per heavy atom. The first kappa shape index (κ1) is 27.9. The Morgan fingerprint density at radius 2 is 1.18 bits per heavy atom. The molecule has 3 aliphatic rings. The van der Waals surface area contributed by atoms with Crippen molar-refractivity contribution in [3.05, 3.63) is 0 Å². The van der Waals surface area contributed by atoms with Crippen LogP contribution in [0, 0.1) is 0 Å². The zero-order chi connectivity index (χ0) is 25.5. The topological polar surface area (TPSA) is 280 Å². The van der Waals surface area contributed by atoms with Gasteiger partial charge in [-0.05, 0) is 0 Å². The summed E-state index contributed by atoms with van der Waals surface area (Å²) < 4.78 is 20.9. The molecule has 200 valence electrons. The normalized spacial score (nSPS) is 54.7. The Kier molecular flexibility index (Phi) is 8.85. The van der Waals surface area contributed by atoms with E-state index in [9.17, 15) is 61.3 Å². The molecule has 0 amide bonds. The van der Waals surface area contributed by atoms with Gasteiger partial charge in [-0.3, -0.25) is 0 Å². The molecule has 0 spiro atoms. The highest BCUT2D eigenvalue weighted by Gasteiger charge is 2.65. The summed E-state index contributed by atoms with van der Waals surface area (Å²) in [5.41, 5.74) is -2.96. The largest absolute Gasteiger partial charge is 0.394 e. The quantitative estimate of drug-likeness (QED) is 0.160. The first-order valence-corrected chi connectivity index (χ1v) is 10.5. The van der Waals surface area contributed by atoms with Crippen LogP contribution in [0.3, 0.4) is 0 Å². The highest BCUT2D eigenvalue weighted by Crippen LogP contribution is 2.40. The Bertz CT molecular complexity index is 666. The molecule has 0 aliphatic carbocycles. The lowest BCUT2D eigenvalue weighted by atomic mass is 9.74. The van der Waals surface area contributed by atoms with Gasteiger partial charge < -0.3 is 80.2 Å². The maximum absolute atomic E-state index is 11.3. The van der Waals surface area contributed by atoms with Crippen molar-refractivity contribution in [3.63, 3.8) is 0 Å². The summed E-state index contributed by atoms with van der Waals surface area (Å²) in [7, 11) is 0. The molecule has 0 aromatic carbocycles. The first-order chi connectivity index (χ1) is 15.9. The maximum Gasteiger partial charge on any atom is 0.187 e. The molecule has 0 radical (unpaired) electrons. The van der Waals surface area contributed by atoms with E-state index in [4.69, 9.17) is 18.9 Å². The molecular formula is C18H32O16. The van der Waals surface area contributed by atoms with Crippen molar-refractivity contribution < 1.29 is 80.2 Å². The van der Waals surface area contributed by atoms with Gasteiger partial charge in [-0.1, -0.05) is 0 Å². The predicted octanol–water partition coefficient (Wildman–Crippen LogP) is -8.18. The van der Waals surface area contributed by atoms with Crippen molar-refractivity contribution in [2.45, 2.75) is 91.4 Å². The minimum Gasteiger partial charge on any atom is -0.394 e. The van der Waals surface area contributed by atoms with Gasteiger partial charge in [-0.25, -0.2) is 0 Å². The van der Waals surface area contributed by atoms with Gasteiger partial charge in [0.25, 0.3) is 0 Å². The summed E-state index contributed by atoms with van der Waals surface area (Å²) in [5, 5.41) is 122. The summed E-state index contributed by atoms with van der Waals surface area (Å²) in [5.74, 6) is 0. The molecule has 12 N–H and O–H groups in total. The van der Waals surface area contributed by atoms with Crippen LogP contribution in [0.4, 0.5) is 0 Å². The maximum atomic E-state index is 11.3. The third-order valence-corrected chi connectivity index (χ3v) is 6.52. The summed E-state index contributed by atoms with van der Waals surface area (Å²) in [6.07, 6.45) is -26.6. The van der Waals surface area contributed by atoms with Gasteiger partial charge in [0.1, 0.15) is 73.2 Å². The van der Waals surface area contributed by atoms with Gasteiger partial charge in [0.2, 0.25) is 0 Å². The minimum absolute atomic E-state index is 0.836. The lowest BCUT2D eigenvalue weighted by Crippen LogP contribution is -2.78. The van der Waals surface area contributed by atoms with E-state index in [1.54, 1.807) is 0 Å². The Hall–Kier alpha value is -0.640. The smallest absolute Gasteiger partial charge is 0.187 e. The Labute approximate surface area is 192 Å². The molecule has 3 aliphatic heterocycles. The van der Waals surface area contributed by atoms with E-state index in [0.29, 0.717) is 0 Å². The summed E-state index contributed by atoms with van der Waals surface area (Å²) >= 11 is 0. The number of aliphatic hydroxyl groups is 12. The van der Waals surface area contributed by atoms with Crippen molar-refractivity contribution >= 4 is 0 Å². The molecular weight excluding hydrogens is 472 g/mol. The molecule has 3 saturated heterocycles. The number of ether oxygens (including phenoxy) is 4. The fourth-order valence-corrected chi connectivity index (χ4v) is 4.47. The number of hydrogen-bond acceptors (Lipinski definition) is 16. The molecule has 16 heteroatoms. The second-order valence-electron chi connectivity index (χ2n) is 8.58. The lowest BCUT2D eigenvalue weighted by Gasteiger charge is -2.55. The molecule has 3 rings (SSSR count). The average molecular weight is 504 g/mol. The van der Waals surface area contributed by atoms with Crippen LogP contribution in [0.25, 0.3) is 0 Å². The molecule has 3 fully saturated rings. The third-order valence-electron chi connectivity index (χ3n) is 6.52. The van der Waals surface area contributed by atoms with Gasteiger partial charge in [-0.15, -0.1) is 0 Å². The van der Waals surface area contributed by atoms with Crippen LogP contribution in [-0.4, -0.2) is 173 Å². The lowest BCUT2D eigenvalue weighted by molar-refractivity contribution is -0.393. The van der Waals surface area contributed by atoms with E-state index in [2.05, 4.69) is 0 Å². The van der Waals surface area contributed by atoms with Crippen molar-refractivity contribution in [1.29, 1.82) is 0 Å². The van der Waals surface area contributed by atoms with Gasteiger partial charge in [-0.2, -0.15) is 0 Å². The fraction of sp³-hybridized carbons (Fsp3) is 1.00. The van der Waals surface area contributed by atoms with E-state index in [0.717, 1.165) is 0 Å². The zero-order valence-electron chi connectivity index (χ0n) is 17.7. The van der Waals surface area contributed by atoms with Gasteiger partial charge >= 0.3 is 0 Å². The molecule has 16 nitrogen and oxygen atoms in total. The van der Waals surface area contributed by atoms with Crippen LogP contribution < -0.4 is 0 Å². The summed E-state index contributed by atoms with van der Waals surface area (Å²) in [6, 6.07) is 0. The molecule has 15 atom stereocenters. The standard InChI is InChI=1S/C18H32O16/c19-1-4-7(22)8(23)10(25)15(31-4)18(30)13(27)6(3-21)33-17(14(18)28)34-12-5(2-20)32-16(29)11(26)9(12)24/h4-17,19-30H,1-3H2/t4?,5?,6?,7?,8?,9?,10?,11?,12?,13?,14?,15?,16?,17?,18-/m0/s1. The summed E-state index contributed by atoms with van der Waals surface area (Å²) in [4.78, 5) is 0. The second kappa shape index (κ2) is 10.8. The van der Waals surface area contributed by atoms with E-state index >= 15 is 0 Å². The fourth-order valence-electron chi connectivity index (χ4n) is 4.47. The molecule has 3 heterocycles. The molecule has 14 unspecified atom stereocenters. The molecule has 0 saturated carbocycles. The highest BCUT2D eigenvalue weighted by molar-refractivity contribution is 5.12. The first-order valence-electron chi connectivity index (χ1n) is 10.5. The van der Waals surface area contributed by atoms with E-state index in [-0.39, 0.29) is 0 Å². The Morgan fingerprint density at radius 3 is 1.74 bits per heavy atom. The van der Waals surface area contributed by atoms with Crippen molar-refractivity contribution in [1.82, 2.24) is 0 Å². The van der Waals surface area contributed by atoms with Crippen molar-refractivity contribution in [3.8, 4) is 0 Å². The molecule has 0 aromatic rings. The third kappa shape index (κ3) is 4.59. The van der Waals surface area contributed by atoms with Gasteiger partial charge in [0.15, 0.2) is 18.2 Å². The van der Waals surface area contributed by atoms with Crippen LogP contribution in [-0.2, 0) is 18.9 Å². The van der Waals surface area contributed by atoms with Crippen molar-refractivity contribution in [2.75, 3.05) is 19.8 Å². The van der Waals surface area contributed by atoms with E-state index < -0.39 is 111 Å².